The topological polar surface area (TPSA) is 95.6 Å². The van der Waals surface area contributed by atoms with Crippen molar-refractivity contribution in [3.8, 4) is 11.8 Å². The van der Waals surface area contributed by atoms with Gasteiger partial charge in [-0.1, -0.05) is 12.0 Å². The number of aromatic nitrogens is 1. The molecule has 4 rings (SSSR count). The summed E-state index contributed by atoms with van der Waals surface area (Å²) < 4.78 is 41.5. The number of piperidine rings is 1. The summed E-state index contributed by atoms with van der Waals surface area (Å²) in [6.07, 6.45) is -2.91. The number of nitrogens with two attached hydrogens (primary N) is 1. The number of carboxylic acids is 1. The Kier molecular flexibility index (Phi) is 8.53. The van der Waals surface area contributed by atoms with Gasteiger partial charge in [0, 0.05) is 40.8 Å². The number of anilines is 2. The van der Waals surface area contributed by atoms with E-state index in [1.807, 2.05) is 35.2 Å². The monoisotopic (exact) mass is 531 g/mol. The first-order valence-electron chi connectivity index (χ1n) is 11.8. The fourth-order valence-corrected chi connectivity index (χ4v) is 4.74. The number of hydrogen-bond donors (Lipinski definition) is 4. The van der Waals surface area contributed by atoms with Crippen LogP contribution in [0, 0.1) is 11.8 Å². The van der Waals surface area contributed by atoms with E-state index in [1.165, 1.54) is 4.57 Å². The number of carboxylic acid groups (broad SMARTS) is 1. The van der Waals surface area contributed by atoms with Gasteiger partial charge in [-0.05, 0) is 73.2 Å². The highest BCUT2D eigenvalue weighted by molar-refractivity contribution is 7.97. The van der Waals surface area contributed by atoms with Crippen molar-refractivity contribution in [2.75, 3.05) is 36.8 Å². The maximum absolute atomic E-state index is 13.4. The van der Waals surface area contributed by atoms with Crippen molar-refractivity contribution < 1.29 is 23.1 Å². The fourth-order valence-electron chi connectivity index (χ4n) is 4.44. The highest BCUT2D eigenvalue weighted by atomic mass is 32.2. The highest BCUT2D eigenvalue weighted by Crippen LogP contribution is 2.31. The summed E-state index contributed by atoms with van der Waals surface area (Å²) in [5.41, 5.74) is 2.32. The van der Waals surface area contributed by atoms with E-state index in [4.69, 9.17) is 10.2 Å². The summed E-state index contributed by atoms with van der Waals surface area (Å²) in [7, 11) is 0. The minimum Gasteiger partial charge on any atom is -0.480 e. The molecule has 1 fully saturated rings. The molecule has 11 heteroatoms. The quantitative estimate of drug-likeness (QED) is 0.249. The van der Waals surface area contributed by atoms with Crippen LogP contribution in [0.4, 0.5) is 24.5 Å². The van der Waals surface area contributed by atoms with Gasteiger partial charge in [0.15, 0.2) is 0 Å². The Hall–Kier alpha value is -3.33. The number of nitrogens with zero attached hydrogens (tertiary/aromatic N) is 2. The summed E-state index contributed by atoms with van der Waals surface area (Å²) in [5.74, 6) is 4.99. The number of carbonyl (C=O) groups is 1. The molecule has 0 saturated carbocycles. The number of alkyl halides is 3. The van der Waals surface area contributed by atoms with E-state index in [2.05, 4.69) is 22.5 Å². The molecule has 2 heterocycles. The van der Waals surface area contributed by atoms with E-state index in [0.717, 1.165) is 41.1 Å². The van der Waals surface area contributed by atoms with Gasteiger partial charge >= 0.3 is 12.1 Å². The maximum atomic E-state index is 13.4. The van der Waals surface area contributed by atoms with Gasteiger partial charge in [-0.3, -0.25) is 14.8 Å². The van der Waals surface area contributed by atoms with Crippen molar-refractivity contribution in [2.45, 2.75) is 36.5 Å². The molecule has 0 spiro atoms. The summed E-state index contributed by atoms with van der Waals surface area (Å²) in [4.78, 5) is 13.8. The van der Waals surface area contributed by atoms with E-state index in [-0.39, 0.29) is 24.8 Å². The normalized spacial score (nSPS) is 14.8. The van der Waals surface area contributed by atoms with Crippen molar-refractivity contribution in [3.63, 3.8) is 0 Å². The molecule has 0 atom stereocenters. The average molecular weight is 532 g/mol. The zero-order chi connectivity index (χ0) is 26.4. The third kappa shape index (κ3) is 7.35. The SMILES string of the molecule is NSc1ccc(NCC#Cc2cc3c(NC4CCN(CC(=O)O)CC4)cccc3n2CC(F)(F)F)cc1. The minimum absolute atomic E-state index is 0.0115. The average Bonchev–Trinajstić information content (AvgIpc) is 3.20. The van der Waals surface area contributed by atoms with Crippen molar-refractivity contribution in [2.24, 2.45) is 5.14 Å². The van der Waals surface area contributed by atoms with Crippen LogP contribution < -0.4 is 15.8 Å². The van der Waals surface area contributed by atoms with E-state index < -0.39 is 18.7 Å². The highest BCUT2D eigenvalue weighted by Gasteiger charge is 2.30. The Balaban J connectivity index is 1.52. The molecule has 3 aromatic rings. The molecule has 0 radical (unpaired) electrons. The van der Waals surface area contributed by atoms with Crippen LogP contribution in [0.5, 0.6) is 0 Å². The third-order valence-corrected chi connectivity index (χ3v) is 6.72. The molecule has 0 bridgehead atoms. The van der Waals surface area contributed by atoms with E-state index in [9.17, 15) is 18.0 Å². The van der Waals surface area contributed by atoms with E-state index in [0.29, 0.717) is 24.0 Å². The fraction of sp³-hybridized carbons (Fsp3) is 0.346. The maximum Gasteiger partial charge on any atom is 0.406 e. The second-order valence-electron chi connectivity index (χ2n) is 8.86. The number of halogens is 3. The van der Waals surface area contributed by atoms with Crippen LogP contribution >= 0.6 is 11.9 Å². The summed E-state index contributed by atoms with van der Waals surface area (Å²) in [6, 6.07) is 14.5. The van der Waals surface area contributed by atoms with Crippen LogP contribution in [-0.2, 0) is 11.3 Å². The molecule has 0 aliphatic carbocycles. The number of rotatable bonds is 8. The molecule has 7 nitrogen and oxygen atoms in total. The summed E-state index contributed by atoms with van der Waals surface area (Å²) in [6.45, 7) is 0.433. The summed E-state index contributed by atoms with van der Waals surface area (Å²) in [5, 5.41) is 21.8. The van der Waals surface area contributed by atoms with Gasteiger partial charge in [-0.2, -0.15) is 13.2 Å². The van der Waals surface area contributed by atoms with Gasteiger partial charge in [0.1, 0.15) is 6.54 Å². The van der Waals surface area contributed by atoms with Crippen LogP contribution in [-0.4, -0.2) is 58.9 Å². The van der Waals surface area contributed by atoms with Crippen LogP contribution in [0.2, 0.25) is 0 Å². The lowest BCUT2D eigenvalue weighted by atomic mass is 10.0. The molecule has 2 aromatic carbocycles. The lowest BCUT2D eigenvalue weighted by molar-refractivity contribution is -0.140. The van der Waals surface area contributed by atoms with Gasteiger partial charge < -0.3 is 20.3 Å². The predicted molar refractivity (Wildman–Crippen MR) is 141 cm³/mol. The van der Waals surface area contributed by atoms with Crippen LogP contribution in [0.25, 0.3) is 10.9 Å². The zero-order valence-electron chi connectivity index (χ0n) is 20.0. The molecule has 0 amide bonds. The third-order valence-electron chi connectivity index (χ3n) is 6.18. The van der Waals surface area contributed by atoms with Gasteiger partial charge in [-0.15, -0.1) is 0 Å². The van der Waals surface area contributed by atoms with Crippen LogP contribution in [0.15, 0.2) is 53.4 Å². The Morgan fingerprint density at radius 3 is 2.54 bits per heavy atom. The molecule has 37 heavy (non-hydrogen) atoms. The Morgan fingerprint density at radius 1 is 1.16 bits per heavy atom. The lowest BCUT2D eigenvalue weighted by Crippen LogP contribution is -2.41. The number of hydrogen-bond acceptors (Lipinski definition) is 6. The Morgan fingerprint density at radius 2 is 1.89 bits per heavy atom. The largest absolute Gasteiger partial charge is 0.480 e. The molecule has 1 saturated heterocycles. The standard InChI is InChI=1S/C26H28F3N5O2S/c27-26(28,29)17-34-20(3-2-12-31-18-6-8-21(37-30)9-7-18)15-22-23(4-1-5-24(22)34)32-19-10-13-33(14-11-19)16-25(35)36/h1,4-9,15,19,31-32H,10-14,16-17,30H2,(H,35,36). The molecule has 5 N–H and O–H groups in total. The van der Waals surface area contributed by atoms with Crippen molar-refractivity contribution in [1.29, 1.82) is 0 Å². The molecule has 1 aliphatic rings. The van der Waals surface area contributed by atoms with Crippen molar-refractivity contribution in [3.05, 3.63) is 54.2 Å². The molecular weight excluding hydrogens is 503 g/mol. The number of likely N-dealkylation sites (tertiary alicyclic amines) is 1. The first-order chi connectivity index (χ1) is 17.7. The summed E-state index contributed by atoms with van der Waals surface area (Å²) >= 11 is 1.15. The minimum atomic E-state index is -4.40. The first kappa shape index (κ1) is 26.7. The van der Waals surface area contributed by atoms with Crippen LogP contribution in [0.1, 0.15) is 18.5 Å². The smallest absolute Gasteiger partial charge is 0.406 e. The van der Waals surface area contributed by atoms with Crippen molar-refractivity contribution in [1.82, 2.24) is 9.47 Å². The number of nitrogens with one attached hydrogen (secondary N) is 2. The molecule has 1 aromatic heterocycles. The number of aliphatic carboxylic acids is 1. The second-order valence-corrected chi connectivity index (χ2v) is 9.56. The predicted octanol–water partition coefficient (Wildman–Crippen LogP) is 4.59. The first-order valence-corrected chi connectivity index (χ1v) is 12.7. The number of fused-ring (bicyclic) bond motifs is 1. The lowest BCUT2D eigenvalue weighted by Gasteiger charge is -2.32. The van der Waals surface area contributed by atoms with Gasteiger partial charge in [0.25, 0.3) is 0 Å². The molecule has 1 aliphatic heterocycles. The van der Waals surface area contributed by atoms with E-state index >= 15 is 0 Å². The molecule has 196 valence electrons. The van der Waals surface area contributed by atoms with Crippen LogP contribution in [0.3, 0.4) is 0 Å². The van der Waals surface area contributed by atoms with Gasteiger partial charge in [-0.25, -0.2) is 0 Å². The Labute approximate surface area is 217 Å². The van der Waals surface area contributed by atoms with Gasteiger partial charge in [0.2, 0.25) is 0 Å². The second kappa shape index (κ2) is 11.8. The van der Waals surface area contributed by atoms with Gasteiger partial charge in [0.05, 0.1) is 24.3 Å². The molecular formula is C26H28F3N5O2S. The molecule has 0 unspecified atom stereocenters. The van der Waals surface area contributed by atoms with E-state index in [1.54, 1.807) is 18.2 Å². The zero-order valence-corrected chi connectivity index (χ0v) is 20.8. The Bertz CT molecular complexity index is 1290. The van der Waals surface area contributed by atoms with Crippen molar-refractivity contribution >= 4 is 40.2 Å². The number of benzene rings is 2.